The second kappa shape index (κ2) is 5.89. The Kier molecular flexibility index (Phi) is 4.40. The number of morpholine rings is 1. The van der Waals surface area contributed by atoms with E-state index in [2.05, 4.69) is 18.7 Å². The maximum absolute atomic E-state index is 5.97. The van der Waals surface area contributed by atoms with Crippen LogP contribution in [0.15, 0.2) is 18.2 Å². The van der Waals surface area contributed by atoms with Gasteiger partial charge in [-0.2, -0.15) is 0 Å². The summed E-state index contributed by atoms with van der Waals surface area (Å²) in [6.07, 6.45) is 0.0228. The zero-order chi connectivity index (χ0) is 14.8. The lowest BCUT2D eigenvalue weighted by Gasteiger charge is -2.44. The fraction of sp³-hybridized carbons (Fsp3) is 0.600. The van der Waals surface area contributed by atoms with Gasteiger partial charge in [0.05, 0.1) is 31.6 Å². The van der Waals surface area contributed by atoms with Crippen LogP contribution in [-0.4, -0.2) is 45.6 Å². The molecule has 2 rings (SSSR count). The number of nitrogens with zero attached hydrogens (tertiary/aromatic N) is 1. The Bertz CT molecular complexity index is 462. The summed E-state index contributed by atoms with van der Waals surface area (Å²) in [6, 6.07) is 5.82. The summed E-state index contributed by atoms with van der Waals surface area (Å²) >= 11 is 0. The number of benzene rings is 1. The van der Waals surface area contributed by atoms with Gasteiger partial charge in [0.2, 0.25) is 0 Å². The molecule has 1 aromatic rings. The van der Waals surface area contributed by atoms with E-state index in [-0.39, 0.29) is 11.7 Å². The summed E-state index contributed by atoms with van der Waals surface area (Å²) < 4.78 is 16.7. The first-order valence-corrected chi connectivity index (χ1v) is 6.84. The highest BCUT2D eigenvalue weighted by Gasteiger charge is 2.34. The predicted octanol–water partition coefficient (Wildman–Crippen LogP) is 1.65. The molecule has 1 fully saturated rings. The fourth-order valence-corrected chi connectivity index (χ4v) is 2.65. The molecule has 0 amide bonds. The van der Waals surface area contributed by atoms with Gasteiger partial charge in [-0.3, -0.25) is 0 Å². The molecule has 0 saturated carbocycles. The van der Waals surface area contributed by atoms with E-state index in [9.17, 15) is 0 Å². The van der Waals surface area contributed by atoms with E-state index >= 15 is 0 Å². The Hall–Kier alpha value is -1.46. The number of methoxy groups -OCH3 is 2. The number of hydrogen-bond acceptors (Lipinski definition) is 5. The maximum atomic E-state index is 5.97. The van der Waals surface area contributed by atoms with Crippen molar-refractivity contribution in [3.05, 3.63) is 18.2 Å². The molecule has 1 aliphatic rings. The van der Waals surface area contributed by atoms with Crippen LogP contribution in [0, 0.1) is 0 Å². The summed E-state index contributed by atoms with van der Waals surface area (Å²) in [6.45, 7) is 6.20. The Morgan fingerprint density at radius 3 is 2.70 bits per heavy atom. The first kappa shape index (κ1) is 14.9. The summed E-state index contributed by atoms with van der Waals surface area (Å²) in [4.78, 5) is 2.25. The average Bonchev–Trinajstić information content (AvgIpc) is 2.44. The van der Waals surface area contributed by atoms with Crippen molar-refractivity contribution in [1.29, 1.82) is 0 Å². The highest BCUT2D eigenvalue weighted by molar-refractivity contribution is 5.62. The highest BCUT2D eigenvalue weighted by Crippen LogP contribution is 2.35. The zero-order valence-electron chi connectivity index (χ0n) is 12.7. The standard InChI is InChI=1S/C15H24N2O3/c1-15(2)10-17(9-12(8-16)20-15)13-7-11(18-3)5-6-14(13)19-4/h5-7,12H,8-10,16H2,1-4H3. The van der Waals surface area contributed by atoms with Crippen LogP contribution < -0.4 is 20.1 Å². The van der Waals surface area contributed by atoms with Gasteiger partial charge in [0, 0.05) is 25.7 Å². The van der Waals surface area contributed by atoms with Crippen molar-refractivity contribution in [2.24, 2.45) is 5.73 Å². The minimum atomic E-state index is -0.240. The zero-order valence-corrected chi connectivity index (χ0v) is 12.7. The van der Waals surface area contributed by atoms with E-state index in [4.69, 9.17) is 19.9 Å². The third-order valence-corrected chi connectivity index (χ3v) is 3.47. The molecule has 1 heterocycles. The maximum Gasteiger partial charge on any atom is 0.142 e. The van der Waals surface area contributed by atoms with Crippen molar-refractivity contribution in [2.45, 2.75) is 25.6 Å². The SMILES string of the molecule is COc1ccc(OC)c(N2CC(CN)OC(C)(C)C2)c1. The van der Waals surface area contributed by atoms with Gasteiger partial charge in [-0.15, -0.1) is 0 Å². The smallest absolute Gasteiger partial charge is 0.142 e. The number of ether oxygens (including phenoxy) is 3. The van der Waals surface area contributed by atoms with Crippen LogP contribution in [0.4, 0.5) is 5.69 Å². The second-order valence-corrected chi connectivity index (χ2v) is 5.65. The molecule has 112 valence electrons. The number of nitrogens with two attached hydrogens (primary N) is 1. The average molecular weight is 280 g/mol. The molecule has 5 nitrogen and oxygen atoms in total. The molecular formula is C15H24N2O3. The van der Waals surface area contributed by atoms with Crippen LogP contribution in [0.25, 0.3) is 0 Å². The van der Waals surface area contributed by atoms with Crippen molar-refractivity contribution in [1.82, 2.24) is 0 Å². The molecule has 20 heavy (non-hydrogen) atoms. The van der Waals surface area contributed by atoms with E-state index in [0.29, 0.717) is 6.54 Å². The van der Waals surface area contributed by atoms with E-state index in [1.807, 2.05) is 18.2 Å². The van der Waals surface area contributed by atoms with Crippen molar-refractivity contribution in [3.63, 3.8) is 0 Å². The molecule has 1 unspecified atom stereocenters. The number of rotatable bonds is 4. The molecule has 0 radical (unpaired) electrons. The molecule has 0 aliphatic carbocycles. The second-order valence-electron chi connectivity index (χ2n) is 5.65. The van der Waals surface area contributed by atoms with Crippen LogP contribution in [0.3, 0.4) is 0 Å². The van der Waals surface area contributed by atoms with Gasteiger partial charge in [0.15, 0.2) is 0 Å². The lowest BCUT2D eigenvalue weighted by atomic mass is 10.0. The highest BCUT2D eigenvalue weighted by atomic mass is 16.5. The van der Waals surface area contributed by atoms with Crippen molar-refractivity contribution >= 4 is 5.69 Å². The molecule has 1 aromatic carbocycles. The largest absolute Gasteiger partial charge is 0.497 e. The summed E-state index contributed by atoms with van der Waals surface area (Å²) in [5, 5.41) is 0. The molecule has 0 bridgehead atoms. The van der Waals surface area contributed by atoms with Gasteiger partial charge in [0.1, 0.15) is 11.5 Å². The fourth-order valence-electron chi connectivity index (χ4n) is 2.65. The number of hydrogen-bond donors (Lipinski definition) is 1. The third kappa shape index (κ3) is 3.16. The monoisotopic (exact) mass is 280 g/mol. The Labute approximate surface area is 120 Å². The lowest BCUT2D eigenvalue weighted by molar-refractivity contribution is -0.0789. The molecule has 0 aromatic heterocycles. The predicted molar refractivity (Wildman–Crippen MR) is 79.8 cm³/mol. The van der Waals surface area contributed by atoms with Crippen LogP contribution in [-0.2, 0) is 4.74 Å². The Morgan fingerprint density at radius 2 is 2.10 bits per heavy atom. The van der Waals surface area contributed by atoms with Crippen LogP contribution in [0.1, 0.15) is 13.8 Å². The van der Waals surface area contributed by atoms with Gasteiger partial charge >= 0.3 is 0 Å². The van der Waals surface area contributed by atoms with Crippen LogP contribution in [0.5, 0.6) is 11.5 Å². The summed E-state index contributed by atoms with van der Waals surface area (Å²) in [5.74, 6) is 1.65. The molecule has 1 saturated heterocycles. The molecule has 1 aliphatic heterocycles. The first-order chi connectivity index (χ1) is 9.49. The van der Waals surface area contributed by atoms with Gasteiger partial charge in [0.25, 0.3) is 0 Å². The van der Waals surface area contributed by atoms with Crippen molar-refractivity contribution in [2.75, 3.05) is 38.8 Å². The molecule has 5 heteroatoms. The van der Waals surface area contributed by atoms with Gasteiger partial charge < -0.3 is 24.8 Å². The molecule has 0 spiro atoms. The summed E-state index contributed by atoms with van der Waals surface area (Å²) in [5.41, 5.74) is 6.56. The molecule has 2 N–H and O–H groups in total. The quantitative estimate of drug-likeness (QED) is 0.908. The third-order valence-electron chi connectivity index (χ3n) is 3.47. The van der Waals surface area contributed by atoms with E-state index < -0.39 is 0 Å². The molecular weight excluding hydrogens is 256 g/mol. The Balaban J connectivity index is 2.33. The minimum Gasteiger partial charge on any atom is -0.497 e. The van der Waals surface area contributed by atoms with Crippen molar-refractivity contribution < 1.29 is 14.2 Å². The first-order valence-electron chi connectivity index (χ1n) is 6.84. The normalized spacial score (nSPS) is 21.6. The van der Waals surface area contributed by atoms with Crippen LogP contribution in [0.2, 0.25) is 0 Å². The topological polar surface area (TPSA) is 57.0 Å². The van der Waals surface area contributed by atoms with Gasteiger partial charge in [-0.1, -0.05) is 0 Å². The van der Waals surface area contributed by atoms with E-state index in [1.165, 1.54) is 0 Å². The molecule has 1 atom stereocenters. The van der Waals surface area contributed by atoms with Gasteiger partial charge in [-0.05, 0) is 26.0 Å². The lowest BCUT2D eigenvalue weighted by Crippen LogP contribution is -2.55. The van der Waals surface area contributed by atoms with E-state index in [0.717, 1.165) is 30.3 Å². The minimum absolute atomic E-state index is 0.0228. The van der Waals surface area contributed by atoms with E-state index in [1.54, 1.807) is 14.2 Å². The van der Waals surface area contributed by atoms with Crippen LogP contribution >= 0.6 is 0 Å². The van der Waals surface area contributed by atoms with Gasteiger partial charge in [-0.25, -0.2) is 0 Å². The Morgan fingerprint density at radius 1 is 1.35 bits per heavy atom. The summed E-state index contributed by atoms with van der Waals surface area (Å²) in [7, 11) is 3.34. The number of anilines is 1. The van der Waals surface area contributed by atoms with Crippen molar-refractivity contribution in [3.8, 4) is 11.5 Å².